The van der Waals surface area contributed by atoms with Crippen LogP contribution in [0.3, 0.4) is 0 Å². The highest BCUT2D eigenvalue weighted by Gasteiger charge is 2.33. The van der Waals surface area contributed by atoms with Crippen molar-refractivity contribution in [3.8, 4) is 0 Å². The van der Waals surface area contributed by atoms with Crippen LogP contribution in [0.5, 0.6) is 0 Å². The Balaban J connectivity index is 1.53. The largest absolute Gasteiger partial charge is 0.350 e. The molecule has 4 heteroatoms. The first-order valence-corrected chi connectivity index (χ1v) is 9.48. The smallest absolute Gasteiger partial charge is 0.232 e. The van der Waals surface area contributed by atoms with Crippen molar-refractivity contribution in [2.24, 2.45) is 0 Å². The molecule has 1 aliphatic rings. The summed E-state index contributed by atoms with van der Waals surface area (Å²) < 4.78 is 0. The molecule has 0 unspecified atom stereocenters. The van der Waals surface area contributed by atoms with Gasteiger partial charge >= 0.3 is 0 Å². The quantitative estimate of drug-likeness (QED) is 0.744. The highest BCUT2D eigenvalue weighted by Crippen LogP contribution is 2.26. The summed E-state index contributed by atoms with van der Waals surface area (Å²) in [7, 11) is 0. The van der Waals surface area contributed by atoms with Crippen molar-refractivity contribution in [2.45, 2.75) is 18.4 Å². The van der Waals surface area contributed by atoms with E-state index in [1.165, 1.54) is 0 Å². The number of benzene rings is 3. The maximum Gasteiger partial charge on any atom is 0.232 e. The van der Waals surface area contributed by atoms with Crippen LogP contribution in [0.25, 0.3) is 0 Å². The van der Waals surface area contributed by atoms with Crippen molar-refractivity contribution in [3.63, 3.8) is 0 Å². The van der Waals surface area contributed by atoms with E-state index in [1.807, 2.05) is 91.0 Å². The third-order valence-corrected chi connectivity index (χ3v) is 5.07. The summed E-state index contributed by atoms with van der Waals surface area (Å²) in [4.78, 5) is 27.4. The Kier molecular flexibility index (Phi) is 5.20. The molecule has 2 amide bonds. The minimum atomic E-state index is -0.400. The number of hydrogen-bond donors (Lipinski definition) is 1. The zero-order valence-corrected chi connectivity index (χ0v) is 15.5. The van der Waals surface area contributed by atoms with Crippen LogP contribution in [0.1, 0.15) is 23.5 Å². The van der Waals surface area contributed by atoms with Crippen LogP contribution in [-0.4, -0.2) is 24.4 Å². The number of rotatable bonds is 5. The molecule has 4 rings (SSSR count). The van der Waals surface area contributed by atoms with Gasteiger partial charge in [-0.05, 0) is 23.3 Å². The summed E-state index contributed by atoms with van der Waals surface area (Å²) in [6, 6.07) is 28.9. The predicted molar refractivity (Wildman–Crippen MR) is 110 cm³/mol. The fraction of sp³-hybridized carbons (Fsp3) is 0.167. The monoisotopic (exact) mass is 370 g/mol. The average molecular weight is 370 g/mol. The van der Waals surface area contributed by atoms with E-state index in [2.05, 4.69) is 5.32 Å². The molecule has 1 heterocycles. The molecule has 1 atom stereocenters. The zero-order valence-electron chi connectivity index (χ0n) is 15.5. The molecule has 1 aliphatic heterocycles. The number of carbonyl (C=O) groups excluding carboxylic acids is 2. The topological polar surface area (TPSA) is 49.4 Å². The van der Waals surface area contributed by atoms with E-state index in [1.54, 1.807) is 4.90 Å². The second-order valence-corrected chi connectivity index (χ2v) is 7.00. The predicted octanol–water partition coefficient (Wildman–Crippen LogP) is 3.74. The van der Waals surface area contributed by atoms with Crippen LogP contribution in [0.2, 0.25) is 0 Å². The number of nitrogens with one attached hydrogen (secondary N) is 1. The molecular weight excluding hydrogens is 348 g/mol. The van der Waals surface area contributed by atoms with Gasteiger partial charge in [0.15, 0.2) is 0 Å². The Morgan fingerprint density at radius 3 is 1.86 bits per heavy atom. The molecule has 0 bridgehead atoms. The molecule has 3 aromatic carbocycles. The standard InChI is InChI=1S/C24H22N2O2/c27-22-16-20(17-26(22)21-14-8-3-9-15-21)25-24(28)23(18-10-4-1-5-11-18)19-12-6-2-7-13-19/h1-15,20,23H,16-17H2,(H,25,28)/t20-/m1/s1. The number of nitrogens with zero attached hydrogens (tertiary/aromatic N) is 1. The maximum absolute atomic E-state index is 13.2. The molecule has 1 fully saturated rings. The lowest BCUT2D eigenvalue weighted by atomic mass is 9.90. The van der Waals surface area contributed by atoms with Crippen molar-refractivity contribution >= 4 is 17.5 Å². The molecule has 3 aromatic rings. The van der Waals surface area contributed by atoms with Crippen molar-refractivity contribution in [1.82, 2.24) is 5.32 Å². The van der Waals surface area contributed by atoms with Gasteiger partial charge in [0.25, 0.3) is 0 Å². The van der Waals surface area contributed by atoms with E-state index >= 15 is 0 Å². The molecule has 1 N–H and O–H groups in total. The minimum absolute atomic E-state index is 0.0347. The number of carbonyl (C=O) groups is 2. The van der Waals surface area contributed by atoms with Crippen LogP contribution >= 0.6 is 0 Å². The normalized spacial score (nSPS) is 16.4. The second kappa shape index (κ2) is 8.09. The van der Waals surface area contributed by atoms with Crippen LogP contribution < -0.4 is 10.2 Å². The Bertz CT molecular complexity index is 903. The Morgan fingerprint density at radius 1 is 0.821 bits per heavy atom. The van der Waals surface area contributed by atoms with Gasteiger partial charge in [-0.2, -0.15) is 0 Å². The van der Waals surface area contributed by atoms with Crippen molar-refractivity contribution in [2.75, 3.05) is 11.4 Å². The first kappa shape index (κ1) is 18.0. The molecule has 28 heavy (non-hydrogen) atoms. The van der Waals surface area contributed by atoms with Gasteiger partial charge in [-0.1, -0.05) is 78.9 Å². The summed E-state index contributed by atoms with van der Waals surface area (Å²) in [5.74, 6) is -0.444. The molecule has 4 nitrogen and oxygen atoms in total. The molecule has 0 saturated carbocycles. The van der Waals surface area contributed by atoms with Gasteiger partial charge in [0, 0.05) is 18.7 Å². The summed E-state index contributed by atoms with van der Waals surface area (Å²) in [5, 5.41) is 3.10. The third kappa shape index (κ3) is 3.81. The Morgan fingerprint density at radius 2 is 1.32 bits per heavy atom. The number of anilines is 1. The first-order chi connectivity index (χ1) is 13.7. The third-order valence-electron chi connectivity index (χ3n) is 5.07. The SMILES string of the molecule is O=C(N[C@@H]1CC(=O)N(c2ccccc2)C1)C(c1ccccc1)c1ccccc1. The molecule has 1 saturated heterocycles. The van der Waals surface area contributed by atoms with Gasteiger partial charge in [-0.15, -0.1) is 0 Å². The van der Waals surface area contributed by atoms with Gasteiger partial charge in [0.1, 0.15) is 0 Å². The lowest BCUT2D eigenvalue weighted by molar-refractivity contribution is -0.122. The van der Waals surface area contributed by atoms with Crippen LogP contribution in [0.15, 0.2) is 91.0 Å². The van der Waals surface area contributed by atoms with Gasteiger partial charge in [0.05, 0.1) is 12.0 Å². The Hall–Kier alpha value is -3.40. The van der Waals surface area contributed by atoms with Crippen LogP contribution in [0.4, 0.5) is 5.69 Å². The lowest BCUT2D eigenvalue weighted by Crippen LogP contribution is -2.40. The first-order valence-electron chi connectivity index (χ1n) is 9.48. The van der Waals surface area contributed by atoms with E-state index in [0.29, 0.717) is 13.0 Å². The van der Waals surface area contributed by atoms with Crippen molar-refractivity contribution in [3.05, 3.63) is 102 Å². The molecule has 0 aliphatic carbocycles. The van der Waals surface area contributed by atoms with E-state index in [9.17, 15) is 9.59 Å². The molecule has 140 valence electrons. The fourth-order valence-corrected chi connectivity index (χ4v) is 3.73. The number of hydrogen-bond acceptors (Lipinski definition) is 2. The van der Waals surface area contributed by atoms with Crippen LogP contribution in [0, 0.1) is 0 Å². The van der Waals surface area contributed by atoms with E-state index in [-0.39, 0.29) is 17.9 Å². The second-order valence-electron chi connectivity index (χ2n) is 7.00. The van der Waals surface area contributed by atoms with E-state index in [4.69, 9.17) is 0 Å². The van der Waals surface area contributed by atoms with E-state index in [0.717, 1.165) is 16.8 Å². The maximum atomic E-state index is 13.2. The highest BCUT2D eigenvalue weighted by atomic mass is 16.2. The minimum Gasteiger partial charge on any atom is -0.350 e. The lowest BCUT2D eigenvalue weighted by Gasteiger charge is -2.21. The van der Waals surface area contributed by atoms with E-state index < -0.39 is 5.92 Å². The summed E-state index contributed by atoms with van der Waals surface area (Å²) in [6.45, 7) is 0.491. The van der Waals surface area contributed by atoms with Crippen LogP contribution in [-0.2, 0) is 9.59 Å². The summed E-state index contributed by atoms with van der Waals surface area (Å²) in [5.41, 5.74) is 2.75. The number of amides is 2. The van der Waals surface area contributed by atoms with Gasteiger partial charge < -0.3 is 10.2 Å². The summed E-state index contributed by atoms with van der Waals surface area (Å²) in [6.07, 6.45) is 0.316. The molecule has 0 radical (unpaired) electrons. The van der Waals surface area contributed by atoms with Crippen molar-refractivity contribution in [1.29, 1.82) is 0 Å². The van der Waals surface area contributed by atoms with Crippen molar-refractivity contribution < 1.29 is 9.59 Å². The molecule has 0 aromatic heterocycles. The highest BCUT2D eigenvalue weighted by molar-refractivity contribution is 5.97. The zero-order chi connectivity index (χ0) is 19.3. The summed E-state index contributed by atoms with van der Waals surface area (Å²) >= 11 is 0. The fourth-order valence-electron chi connectivity index (χ4n) is 3.73. The van der Waals surface area contributed by atoms with Gasteiger partial charge in [-0.3, -0.25) is 9.59 Å². The Labute approximate surface area is 164 Å². The number of para-hydroxylation sites is 1. The van der Waals surface area contributed by atoms with Gasteiger partial charge in [0.2, 0.25) is 11.8 Å². The molecule has 0 spiro atoms. The average Bonchev–Trinajstić information content (AvgIpc) is 3.10. The molecular formula is C24H22N2O2. The van der Waals surface area contributed by atoms with Gasteiger partial charge in [-0.25, -0.2) is 0 Å².